The first-order valence-corrected chi connectivity index (χ1v) is 11.7. The third kappa shape index (κ3) is 6.55. The Balaban J connectivity index is 2.23. The van der Waals surface area contributed by atoms with Crippen molar-refractivity contribution < 1.29 is 13.2 Å². The molecule has 0 spiro atoms. The predicted octanol–water partition coefficient (Wildman–Crippen LogP) is 3.38. The van der Waals surface area contributed by atoms with Crippen LogP contribution in [-0.2, 0) is 23.6 Å². The SMILES string of the molecule is CC(C)CCOc1ccc(CN(CC(C)(C)N(C)C)S(=O)(=O)c2cnn(C)c2)cc1. The van der Waals surface area contributed by atoms with Crippen molar-refractivity contribution in [3.63, 3.8) is 0 Å². The Labute approximate surface area is 181 Å². The van der Waals surface area contributed by atoms with Crippen molar-refractivity contribution in [1.29, 1.82) is 0 Å². The number of aryl methyl sites for hydroxylation is 1. The van der Waals surface area contributed by atoms with Crippen LogP contribution < -0.4 is 4.74 Å². The fourth-order valence-electron chi connectivity index (χ4n) is 2.79. The highest BCUT2D eigenvalue weighted by molar-refractivity contribution is 7.89. The lowest BCUT2D eigenvalue weighted by atomic mass is 10.0. The molecule has 1 heterocycles. The Morgan fingerprint density at radius 2 is 1.80 bits per heavy atom. The monoisotopic (exact) mass is 436 g/mol. The third-order valence-corrected chi connectivity index (χ3v) is 7.08. The standard InChI is InChI=1S/C22H36N4O3S/c1-18(2)12-13-29-20-10-8-19(9-11-20)15-26(17-22(3,4)24(5)6)30(27,28)21-14-23-25(7)16-21/h8-11,14,16,18H,12-13,15,17H2,1-7H3. The second-order valence-electron chi connectivity index (χ2n) is 9.00. The van der Waals surface area contributed by atoms with Gasteiger partial charge in [-0.1, -0.05) is 26.0 Å². The van der Waals surface area contributed by atoms with E-state index in [0.29, 0.717) is 19.1 Å². The van der Waals surface area contributed by atoms with Crippen molar-refractivity contribution in [2.75, 3.05) is 27.2 Å². The van der Waals surface area contributed by atoms with Crippen molar-refractivity contribution in [2.24, 2.45) is 13.0 Å². The summed E-state index contributed by atoms with van der Waals surface area (Å²) in [6.07, 6.45) is 3.94. The van der Waals surface area contributed by atoms with Gasteiger partial charge >= 0.3 is 0 Å². The molecule has 30 heavy (non-hydrogen) atoms. The van der Waals surface area contributed by atoms with Crippen molar-refractivity contribution in [3.05, 3.63) is 42.2 Å². The molecule has 8 heteroatoms. The van der Waals surface area contributed by atoms with E-state index in [9.17, 15) is 8.42 Å². The predicted molar refractivity (Wildman–Crippen MR) is 120 cm³/mol. The average Bonchev–Trinajstić information content (AvgIpc) is 3.09. The Hall–Kier alpha value is -1.90. The molecule has 2 rings (SSSR count). The Bertz CT molecular complexity index is 903. The zero-order valence-corrected chi connectivity index (χ0v) is 20.1. The third-order valence-electron chi connectivity index (χ3n) is 5.34. The van der Waals surface area contributed by atoms with Gasteiger partial charge in [-0.3, -0.25) is 4.68 Å². The first kappa shape index (κ1) is 24.4. The minimum absolute atomic E-state index is 0.202. The van der Waals surface area contributed by atoms with E-state index in [2.05, 4.69) is 18.9 Å². The van der Waals surface area contributed by atoms with Gasteiger partial charge in [0.2, 0.25) is 10.0 Å². The summed E-state index contributed by atoms with van der Waals surface area (Å²) < 4.78 is 35.5. The zero-order valence-electron chi connectivity index (χ0n) is 19.3. The molecule has 0 atom stereocenters. The zero-order chi connectivity index (χ0) is 22.5. The Kier molecular flexibility index (Phi) is 8.07. The van der Waals surface area contributed by atoms with E-state index < -0.39 is 10.0 Å². The maximum absolute atomic E-state index is 13.4. The van der Waals surface area contributed by atoms with Gasteiger partial charge in [0.25, 0.3) is 0 Å². The molecule has 0 saturated carbocycles. The molecule has 0 aliphatic carbocycles. The van der Waals surface area contributed by atoms with Gasteiger partial charge in [0.1, 0.15) is 10.6 Å². The quantitative estimate of drug-likeness (QED) is 0.540. The number of hydrogen-bond acceptors (Lipinski definition) is 5. The van der Waals surface area contributed by atoms with Gasteiger partial charge in [-0.25, -0.2) is 8.42 Å². The van der Waals surface area contributed by atoms with Gasteiger partial charge in [-0.15, -0.1) is 0 Å². The summed E-state index contributed by atoms with van der Waals surface area (Å²) in [5.74, 6) is 1.39. The minimum atomic E-state index is -3.69. The van der Waals surface area contributed by atoms with Crippen molar-refractivity contribution in [2.45, 2.75) is 51.1 Å². The number of likely N-dealkylation sites (N-methyl/N-ethyl adjacent to an activating group) is 1. The van der Waals surface area contributed by atoms with Crippen LogP contribution in [0.15, 0.2) is 41.6 Å². The largest absolute Gasteiger partial charge is 0.494 e. The molecule has 0 aliphatic heterocycles. The fourth-order valence-corrected chi connectivity index (χ4v) is 4.36. The summed E-state index contributed by atoms with van der Waals surface area (Å²) in [7, 11) is 1.94. The minimum Gasteiger partial charge on any atom is -0.494 e. The number of sulfonamides is 1. The van der Waals surface area contributed by atoms with Gasteiger partial charge in [0.05, 0.1) is 12.8 Å². The van der Waals surface area contributed by atoms with Crippen LogP contribution in [0.5, 0.6) is 5.75 Å². The first-order valence-electron chi connectivity index (χ1n) is 10.3. The van der Waals surface area contributed by atoms with Gasteiger partial charge in [0.15, 0.2) is 0 Å². The molecule has 0 amide bonds. The lowest BCUT2D eigenvalue weighted by Crippen LogP contribution is -2.49. The molecule has 0 N–H and O–H groups in total. The number of ether oxygens (including phenoxy) is 1. The van der Waals surface area contributed by atoms with E-state index in [0.717, 1.165) is 17.7 Å². The molecular weight excluding hydrogens is 400 g/mol. The van der Waals surface area contributed by atoms with E-state index >= 15 is 0 Å². The number of nitrogens with zero attached hydrogens (tertiary/aromatic N) is 4. The average molecular weight is 437 g/mol. The molecular formula is C22H36N4O3S. The van der Waals surface area contributed by atoms with E-state index in [-0.39, 0.29) is 17.0 Å². The van der Waals surface area contributed by atoms with Gasteiger partial charge in [-0.05, 0) is 58.0 Å². The normalized spacial score (nSPS) is 12.9. The topological polar surface area (TPSA) is 67.7 Å². The van der Waals surface area contributed by atoms with Crippen LogP contribution in [0.3, 0.4) is 0 Å². The molecule has 1 aromatic heterocycles. The van der Waals surface area contributed by atoms with Crippen LogP contribution in [0.2, 0.25) is 0 Å². The second kappa shape index (κ2) is 9.94. The van der Waals surface area contributed by atoms with Crippen molar-refractivity contribution >= 4 is 10.0 Å². The maximum atomic E-state index is 13.4. The Morgan fingerprint density at radius 1 is 1.17 bits per heavy atom. The first-order chi connectivity index (χ1) is 13.9. The smallest absolute Gasteiger partial charge is 0.246 e. The highest BCUT2D eigenvalue weighted by Crippen LogP contribution is 2.23. The van der Waals surface area contributed by atoms with E-state index in [4.69, 9.17) is 4.74 Å². The van der Waals surface area contributed by atoms with Crippen LogP contribution in [0.25, 0.3) is 0 Å². The molecule has 168 valence electrons. The number of rotatable bonds is 11. The highest BCUT2D eigenvalue weighted by atomic mass is 32.2. The summed E-state index contributed by atoms with van der Waals surface area (Å²) in [5.41, 5.74) is 0.572. The van der Waals surface area contributed by atoms with E-state index in [1.54, 1.807) is 7.05 Å². The van der Waals surface area contributed by atoms with E-state index in [1.807, 2.05) is 57.1 Å². The van der Waals surface area contributed by atoms with Gasteiger partial charge < -0.3 is 9.64 Å². The summed E-state index contributed by atoms with van der Waals surface area (Å²) in [6, 6.07) is 7.67. The second-order valence-corrected chi connectivity index (χ2v) is 10.9. The van der Waals surface area contributed by atoms with Crippen LogP contribution in [0, 0.1) is 5.92 Å². The summed E-state index contributed by atoms with van der Waals surface area (Å²) in [5, 5.41) is 4.04. The molecule has 0 bridgehead atoms. The highest BCUT2D eigenvalue weighted by Gasteiger charge is 2.33. The number of aromatic nitrogens is 2. The van der Waals surface area contributed by atoms with Gasteiger partial charge in [-0.2, -0.15) is 9.40 Å². The van der Waals surface area contributed by atoms with Crippen LogP contribution in [-0.4, -0.2) is 60.2 Å². The summed E-state index contributed by atoms with van der Waals surface area (Å²) >= 11 is 0. The van der Waals surface area contributed by atoms with Crippen molar-refractivity contribution in [1.82, 2.24) is 19.0 Å². The molecule has 0 unspecified atom stereocenters. The Morgan fingerprint density at radius 3 is 2.30 bits per heavy atom. The number of hydrogen-bond donors (Lipinski definition) is 0. The van der Waals surface area contributed by atoms with Crippen LogP contribution >= 0.6 is 0 Å². The molecule has 0 radical (unpaired) electrons. The van der Waals surface area contributed by atoms with Crippen LogP contribution in [0.4, 0.5) is 0 Å². The molecule has 0 fully saturated rings. The van der Waals surface area contributed by atoms with Gasteiger partial charge in [0, 0.05) is 31.9 Å². The number of benzene rings is 1. The summed E-state index contributed by atoms with van der Waals surface area (Å²) in [6.45, 7) is 9.70. The van der Waals surface area contributed by atoms with Crippen molar-refractivity contribution in [3.8, 4) is 5.75 Å². The lowest BCUT2D eigenvalue weighted by molar-refractivity contribution is 0.156. The van der Waals surface area contributed by atoms with Crippen LogP contribution in [0.1, 0.15) is 39.7 Å². The fraction of sp³-hybridized carbons (Fsp3) is 0.591. The van der Waals surface area contributed by atoms with E-state index in [1.165, 1.54) is 21.4 Å². The molecule has 0 saturated heterocycles. The molecule has 2 aromatic rings. The molecule has 0 aliphatic rings. The lowest BCUT2D eigenvalue weighted by Gasteiger charge is -2.37. The summed E-state index contributed by atoms with van der Waals surface area (Å²) in [4.78, 5) is 2.23. The molecule has 7 nitrogen and oxygen atoms in total. The molecule has 1 aromatic carbocycles. The maximum Gasteiger partial charge on any atom is 0.246 e.